The lowest BCUT2D eigenvalue weighted by Gasteiger charge is -2.07. The second-order valence-corrected chi connectivity index (χ2v) is 5.42. The first-order chi connectivity index (χ1) is 8.22. The first-order valence-corrected chi connectivity index (χ1v) is 6.95. The summed E-state index contributed by atoms with van der Waals surface area (Å²) in [6, 6.07) is 8.81. The maximum atomic E-state index is 3.41. The summed E-state index contributed by atoms with van der Waals surface area (Å²) >= 11 is 1.84. The molecule has 90 valence electrons. The van der Waals surface area contributed by atoms with Gasteiger partial charge in [0.2, 0.25) is 0 Å². The number of hydrogen-bond acceptors (Lipinski definition) is 2. The van der Waals surface area contributed by atoms with E-state index in [2.05, 4.69) is 55.7 Å². The molecule has 2 aromatic rings. The summed E-state index contributed by atoms with van der Waals surface area (Å²) < 4.78 is 0. The second kappa shape index (κ2) is 5.48. The lowest BCUT2D eigenvalue weighted by atomic mass is 10.0. The minimum Gasteiger partial charge on any atom is -0.313 e. The predicted octanol–water partition coefficient (Wildman–Crippen LogP) is 4.14. The van der Waals surface area contributed by atoms with Crippen molar-refractivity contribution in [2.24, 2.45) is 0 Å². The van der Waals surface area contributed by atoms with Crippen molar-refractivity contribution in [3.8, 4) is 11.1 Å². The van der Waals surface area contributed by atoms with Gasteiger partial charge in [-0.1, -0.05) is 36.8 Å². The van der Waals surface area contributed by atoms with E-state index in [1.54, 1.807) is 0 Å². The van der Waals surface area contributed by atoms with Crippen molar-refractivity contribution in [3.05, 3.63) is 45.6 Å². The number of hydrogen-bond donors (Lipinski definition) is 1. The van der Waals surface area contributed by atoms with E-state index >= 15 is 0 Å². The molecule has 0 aliphatic carbocycles. The highest BCUT2D eigenvalue weighted by Crippen LogP contribution is 2.32. The molecule has 0 saturated carbocycles. The quantitative estimate of drug-likeness (QED) is 0.853. The van der Waals surface area contributed by atoms with E-state index in [1.807, 2.05) is 11.3 Å². The number of thiophene rings is 1. The average molecular weight is 245 g/mol. The Labute approximate surface area is 108 Å². The minimum absolute atomic E-state index is 0.962. The Morgan fingerprint density at radius 2 is 1.82 bits per heavy atom. The summed E-state index contributed by atoms with van der Waals surface area (Å²) in [5, 5.41) is 5.68. The Bertz CT molecular complexity index is 482. The lowest BCUT2D eigenvalue weighted by Crippen LogP contribution is -2.11. The molecule has 0 aliphatic rings. The van der Waals surface area contributed by atoms with Crippen LogP contribution in [0.3, 0.4) is 0 Å². The molecule has 1 nitrogen and oxygen atoms in total. The van der Waals surface area contributed by atoms with Crippen molar-refractivity contribution in [2.45, 2.75) is 27.3 Å². The molecule has 0 saturated heterocycles. The third-order valence-corrected chi connectivity index (χ3v) is 3.92. The van der Waals surface area contributed by atoms with Gasteiger partial charge >= 0.3 is 0 Å². The molecule has 0 amide bonds. The summed E-state index contributed by atoms with van der Waals surface area (Å²) in [5.74, 6) is 0. The van der Waals surface area contributed by atoms with E-state index in [4.69, 9.17) is 0 Å². The average Bonchev–Trinajstić information content (AvgIpc) is 2.69. The topological polar surface area (TPSA) is 12.0 Å². The van der Waals surface area contributed by atoms with Crippen LogP contribution in [0.1, 0.15) is 22.9 Å². The van der Waals surface area contributed by atoms with Gasteiger partial charge in [-0.25, -0.2) is 0 Å². The largest absolute Gasteiger partial charge is 0.313 e. The molecule has 2 rings (SSSR count). The van der Waals surface area contributed by atoms with E-state index in [0.29, 0.717) is 0 Å². The predicted molar refractivity (Wildman–Crippen MR) is 76.6 cm³/mol. The fourth-order valence-corrected chi connectivity index (χ4v) is 2.89. The van der Waals surface area contributed by atoms with Crippen LogP contribution in [-0.4, -0.2) is 6.54 Å². The Morgan fingerprint density at radius 1 is 1.12 bits per heavy atom. The first-order valence-electron chi connectivity index (χ1n) is 6.07. The van der Waals surface area contributed by atoms with Gasteiger partial charge in [-0.2, -0.15) is 0 Å². The van der Waals surface area contributed by atoms with E-state index in [0.717, 1.165) is 13.1 Å². The van der Waals surface area contributed by atoms with Crippen molar-refractivity contribution in [1.82, 2.24) is 5.32 Å². The van der Waals surface area contributed by atoms with E-state index < -0.39 is 0 Å². The molecule has 0 fully saturated rings. The highest BCUT2D eigenvalue weighted by atomic mass is 32.1. The molecule has 0 spiro atoms. The highest BCUT2D eigenvalue weighted by molar-refractivity contribution is 7.10. The summed E-state index contributed by atoms with van der Waals surface area (Å²) in [6.07, 6.45) is 0. The smallest absolute Gasteiger partial charge is 0.0219 e. The molecule has 17 heavy (non-hydrogen) atoms. The van der Waals surface area contributed by atoms with E-state index in [1.165, 1.54) is 27.1 Å². The molecular weight excluding hydrogens is 226 g/mol. The Hall–Kier alpha value is -1.12. The lowest BCUT2D eigenvalue weighted by molar-refractivity contribution is 0.729. The molecule has 0 atom stereocenters. The zero-order chi connectivity index (χ0) is 12.3. The fraction of sp³-hybridized carbons (Fsp3) is 0.333. The van der Waals surface area contributed by atoms with Crippen LogP contribution in [0.5, 0.6) is 0 Å². The van der Waals surface area contributed by atoms with Crippen molar-refractivity contribution < 1.29 is 0 Å². The molecule has 2 heteroatoms. The number of aryl methyl sites for hydroxylation is 2. The molecule has 1 aromatic carbocycles. The van der Waals surface area contributed by atoms with Gasteiger partial charge in [0, 0.05) is 11.4 Å². The van der Waals surface area contributed by atoms with Gasteiger partial charge in [0.25, 0.3) is 0 Å². The molecule has 1 aromatic heterocycles. The van der Waals surface area contributed by atoms with Gasteiger partial charge in [-0.15, -0.1) is 11.3 Å². The third kappa shape index (κ3) is 2.76. The van der Waals surface area contributed by atoms with Crippen LogP contribution in [0.2, 0.25) is 0 Å². The third-order valence-electron chi connectivity index (χ3n) is 2.96. The van der Waals surface area contributed by atoms with Crippen molar-refractivity contribution in [1.29, 1.82) is 0 Å². The van der Waals surface area contributed by atoms with Crippen LogP contribution in [0.15, 0.2) is 29.6 Å². The normalized spacial score (nSPS) is 10.8. The van der Waals surface area contributed by atoms with Crippen LogP contribution < -0.4 is 5.32 Å². The number of benzene rings is 1. The van der Waals surface area contributed by atoms with Gasteiger partial charge in [0.15, 0.2) is 0 Å². The number of nitrogens with one attached hydrogen (secondary N) is 1. The molecular formula is C15H19NS. The van der Waals surface area contributed by atoms with Gasteiger partial charge in [0.1, 0.15) is 0 Å². The second-order valence-electron chi connectivity index (χ2n) is 4.34. The first kappa shape index (κ1) is 12.3. The fourth-order valence-electron chi connectivity index (χ4n) is 2.00. The van der Waals surface area contributed by atoms with Crippen molar-refractivity contribution in [3.63, 3.8) is 0 Å². The van der Waals surface area contributed by atoms with Crippen molar-refractivity contribution in [2.75, 3.05) is 6.54 Å². The van der Waals surface area contributed by atoms with E-state index in [9.17, 15) is 0 Å². The molecule has 1 N–H and O–H groups in total. The molecule has 0 aliphatic heterocycles. The SMILES string of the molecule is CCNCc1csc(C)c1-c1ccc(C)cc1. The van der Waals surface area contributed by atoms with Gasteiger partial charge < -0.3 is 5.32 Å². The molecule has 0 unspecified atom stereocenters. The molecule has 1 heterocycles. The van der Waals surface area contributed by atoms with Crippen LogP contribution in [-0.2, 0) is 6.54 Å². The summed E-state index contributed by atoms with van der Waals surface area (Å²) in [6.45, 7) is 8.45. The summed E-state index contributed by atoms with van der Waals surface area (Å²) in [7, 11) is 0. The maximum Gasteiger partial charge on any atom is 0.0219 e. The monoisotopic (exact) mass is 245 g/mol. The Kier molecular flexibility index (Phi) is 3.97. The zero-order valence-electron chi connectivity index (χ0n) is 10.7. The van der Waals surface area contributed by atoms with E-state index in [-0.39, 0.29) is 0 Å². The maximum absolute atomic E-state index is 3.41. The minimum atomic E-state index is 0.962. The van der Waals surface area contributed by atoms with Crippen LogP contribution in [0.4, 0.5) is 0 Å². The number of rotatable bonds is 4. The molecule has 0 radical (unpaired) electrons. The Morgan fingerprint density at radius 3 is 2.47 bits per heavy atom. The highest BCUT2D eigenvalue weighted by Gasteiger charge is 2.10. The van der Waals surface area contributed by atoms with Crippen molar-refractivity contribution >= 4 is 11.3 Å². The Balaban J connectivity index is 2.36. The van der Waals surface area contributed by atoms with Crippen LogP contribution in [0, 0.1) is 13.8 Å². The van der Waals surface area contributed by atoms with Gasteiger partial charge in [-0.05, 0) is 42.5 Å². The van der Waals surface area contributed by atoms with Gasteiger partial charge in [0.05, 0.1) is 0 Å². The summed E-state index contributed by atoms with van der Waals surface area (Å²) in [4.78, 5) is 1.40. The zero-order valence-corrected chi connectivity index (χ0v) is 11.5. The van der Waals surface area contributed by atoms with Crippen LogP contribution >= 0.6 is 11.3 Å². The standard InChI is InChI=1S/C15H19NS/c1-4-16-9-14-10-17-12(3)15(14)13-7-5-11(2)6-8-13/h5-8,10,16H,4,9H2,1-3H3. The summed E-state index contributed by atoms with van der Waals surface area (Å²) in [5.41, 5.74) is 5.48. The van der Waals surface area contributed by atoms with Gasteiger partial charge in [-0.3, -0.25) is 0 Å². The van der Waals surface area contributed by atoms with Crippen LogP contribution in [0.25, 0.3) is 11.1 Å². The molecule has 0 bridgehead atoms.